The summed E-state index contributed by atoms with van der Waals surface area (Å²) in [6.07, 6.45) is 0. The van der Waals surface area contributed by atoms with Crippen LogP contribution in [0.15, 0.2) is 182 Å². The van der Waals surface area contributed by atoms with E-state index in [9.17, 15) is 0 Å². The van der Waals surface area contributed by atoms with Crippen molar-refractivity contribution in [2.45, 2.75) is 0 Å². The van der Waals surface area contributed by atoms with E-state index in [1.54, 1.807) is 0 Å². The summed E-state index contributed by atoms with van der Waals surface area (Å²) in [5.74, 6) is 1.56. The molecule has 7 aromatic carbocycles. The molecule has 0 unspecified atom stereocenters. The predicted molar refractivity (Wildman–Crippen MR) is 208 cm³/mol. The highest BCUT2D eigenvalue weighted by Gasteiger charge is 2.31. The third-order valence-electron chi connectivity index (χ3n) is 9.85. The van der Waals surface area contributed by atoms with Gasteiger partial charge >= 0.3 is 0 Å². The van der Waals surface area contributed by atoms with Crippen molar-refractivity contribution < 1.29 is 0 Å². The minimum absolute atomic E-state index is 0.768. The van der Waals surface area contributed by atoms with Crippen LogP contribution in [0.3, 0.4) is 0 Å². The fourth-order valence-electron chi connectivity index (χ4n) is 7.65. The molecule has 0 saturated heterocycles. The molecule has 238 valence electrons. The lowest BCUT2D eigenvalue weighted by Gasteiger charge is -2.20. The van der Waals surface area contributed by atoms with Crippen LogP contribution in [0.2, 0.25) is 0 Å². The molecule has 1 aliphatic carbocycles. The third kappa shape index (κ3) is 4.72. The van der Waals surface area contributed by atoms with E-state index in [4.69, 9.17) is 15.2 Å². The first kappa shape index (κ1) is 29.0. The zero-order valence-corrected chi connectivity index (χ0v) is 27.6. The van der Waals surface area contributed by atoms with E-state index < -0.39 is 0 Å². The molecule has 0 atom stereocenters. The maximum Gasteiger partial charge on any atom is 0.168 e. The molecule has 0 bridgehead atoms. The lowest BCUT2D eigenvalue weighted by atomic mass is 9.87. The summed E-state index contributed by atoms with van der Waals surface area (Å²) < 4.78 is 2.15. The van der Waals surface area contributed by atoms with Crippen LogP contribution in [0.4, 0.5) is 0 Å². The van der Waals surface area contributed by atoms with Gasteiger partial charge in [-0.2, -0.15) is 0 Å². The number of fused-ring (bicyclic) bond motifs is 3. The van der Waals surface area contributed by atoms with E-state index in [1.807, 2.05) is 24.3 Å². The number of nitrogens with zero attached hydrogens (tertiary/aromatic N) is 4. The number of rotatable bonds is 6. The van der Waals surface area contributed by atoms with Gasteiger partial charge in [-0.05, 0) is 45.7 Å². The van der Waals surface area contributed by atoms with Crippen LogP contribution < -0.4 is 0 Å². The van der Waals surface area contributed by atoms with Crippen LogP contribution in [0.5, 0.6) is 0 Å². The molecule has 0 N–H and O–H groups in total. The van der Waals surface area contributed by atoms with Gasteiger partial charge in [0.05, 0.1) is 11.4 Å². The van der Waals surface area contributed by atoms with Gasteiger partial charge in [-0.1, -0.05) is 164 Å². The monoisotopic (exact) mass is 650 g/mol. The standard InChI is InChI=1S/C47H30N4/c1-5-16-32(17-6-1)41-42-38-28-14-22-31-23-15-29-39(40(31)38)43(42)44(33-18-7-2-8-19-33)48-45(41)35-24-13-25-36(30-35)47-50-49-46(34-20-9-3-10-21-34)51(47)37-26-11-4-12-27-37/h1-30H. The largest absolute Gasteiger partial charge is 0.275 e. The van der Waals surface area contributed by atoms with Crippen LogP contribution in [0.25, 0.3) is 95.1 Å². The lowest BCUT2D eigenvalue weighted by Crippen LogP contribution is -2.01. The van der Waals surface area contributed by atoms with Crippen molar-refractivity contribution in [2.24, 2.45) is 0 Å². The van der Waals surface area contributed by atoms with Gasteiger partial charge in [0.2, 0.25) is 0 Å². The van der Waals surface area contributed by atoms with Gasteiger partial charge < -0.3 is 0 Å². The molecular weight excluding hydrogens is 621 g/mol. The Kier molecular flexibility index (Phi) is 6.78. The maximum atomic E-state index is 5.66. The Morgan fingerprint density at radius 2 is 0.843 bits per heavy atom. The first-order valence-electron chi connectivity index (χ1n) is 17.2. The minimum atomic E-state index is 0.768. The average molecular weight is 651 g/mol. The molecule has 0 amide bonds. The Morgan fingerprint density at radius 3 is 1.51 bits per heavy atom. The first-order valence-corrected chi connectivity index (χ1v) is 17.2. The molecule has 2 aromatic heterocycles. The van der Waals surface area contributed by atoms with Gasteiger partial charge in [-0.15, -0.1) is 10.2 Å². The Morgan fingerprint density at radius 1 is 0.353 bits per heavy atom. The highest BCUT2D eigenvalue weighted by atomic mass is 15.3. The van der Waals surface area contributed by atoms with Crippen LogP contribution in [-0.4, -0.2) is 19.7 Å². The zero-order chi connectivity index (χ0) is 33.7. The van der Waals surface area contributed by atoms with Crippen molar-refractivity contribution in [3.63, 3.8) is 0 Å². The minimum Gasteiger partial charge on any atom is -0.275 e. The second-order valence-electron chi connectivity index (χ2n) is 12.8. The Balaban J connectivity index is 1.27. The molecule has 1 aliphatic rings. The molecule has 51 heavy (non-hydrogen) atoms. The fraction of sp³-hybridized carbons (Fsp3) is 0. The summed E-state index contributed by atoms with van der Waals surface area (Å²) in [7, 11) is 0. The summed E-state index contributed by atoms with van der Waals surface area (Å²) >= 11 is 0. The number of hydrogen-bond acceptors (Lipinski definition) is 3. The summed E-state index contributed by atoms with van der Waals surface area (Å²) in [6, 6.07) is 63.8. The predicted octanol–water partition coefficient (Wildman–Crippen LogP) is 11.8. The molecule has 10 rings (SSSR count). The number of para-hydroxylation sites is 1. The Bertz CT molecular complexity index is 2710. The molecule has 0 radical (unpaired) electrons. The molecule has 4 heteroatoms. The van der Waals surface area contributed by atoms with Gasteiger partial charge in [0.25, 0.3) is 0 Å². The Labute approximate surface area is 296 Å². The summed E-state index contributed by atoms with van der Waals surface area (Å²) in [4.78, 5) is 5.66. The molecule has 4 nitrogen and oxygen atoms in total. The van der Waals surface area contributed by atoms with Crippen molar-refractivity contribution >= 4 is 10.8 Å². The van der Waals surface area contributed by atoms with Gasteiger partial charge in [0.15, 0.2) is 11.6 Å². The quantitative estimate of drug-likeness (QED) is 0.180. The van der Waals surface area contributed by atoms with E-state index >= 15 is 0 Å². The second kappa shape index (κ2) is 11.9. The topological polar surface area (TPSA) is 43.6 Å². The molecular formula is C47H30N4. The highest BCUT2D eigenvalue weighted by molar-refractivity contribution is 6.21. The number of aromatic nitrogens is 4. The van der Waals surface area contributed by atoms with Crippen LogP contribution >= 0.6 is 0 Å². The van der Waals surface area contributed by atoms with E-state index in [2.05, 4.69) is 162 Å². The van der Waals surface area contributed by atoms with Crippen molar-refractivity contribution in [3.05, 3.63) is 182 Å². The normalized spacial score (nSPS) is 11.5. The number of pyridine rings is 1. The van der Waals surface area contributed by atoms with Gasteiger partial charge in [0.1, 0.15) is 0 Å². The zero-order valence-electron chi connectivity index (χ0n) is 27.6. The third-order valence-corrected chi connectivity index (χ3v) is 9.85. The van der Waals surface area contributed by atoms with Crippen molar-refractivity contribution in [2.75, 3.05) is 0 Å². The summed E-state index contributed by atoms with van der Waals surface area (Å²) in [6.45, 7) is 0. The molecule has 9 aromatic rings. The van der Waals surface area contributed by atoms with Gasteiger partial charge in [-0.3, -0.25) is 4.57 Å². The SMILES string of the molecule is c1ccc(-c2nc(-c3cccc(-c4nnc(-c5ccccc5)n4-c4ccccc4)c3)c(-c3ccccc3)c3c2-c2cccc4cccc-3c24)cc1. The second-order valence-corrected chi connectivity index (χ2v) is 12.8. The van der Waals surface area contributed by atoms with Crippen molar-refractivity contribution in [1.82, 2.24) is 19.7 Å². The molecule has 0 aliphatic heterocycles. The average Bonchev–Trinajstić information content (AvgIpc) is 3.81. The van der Waals surface area contributed by atoms with E-state index in [-0.39, 0.29) is 0 Å². The van der Waals surface area contributed by atoms with E-state index in [0.29, 0.717) is 0 Å². The summed E-state index contributed by atoms with van der Waals surface area (Å²) in [5.41, 5.74) is 14.1. The summed E-state index contributed by atoms with van der Waals surface area (Å²) in [5, 5.41) is 12.1. The number of benzene rings is 7. The Hall–Kier alpha value is -6.91. The van der Waals surface area contributed by atoms with Crippen LogP contribution in [-0.2, 0) is 0 Å². The van der Waals surface area contributed by atoms with Crippen molar-refractivity contribution in [1.29, 1.82) is 0 Å². The van der Waals surface area contributed by atoms with Crippen LogP contribution in [0, 0.1) is 0 Å². The maximum absolute atomic E-state index is 5.66. The molecule has 0 fully saturated rings. The van der Waals surface area contributed by atoms with Gasteiger partial charge in [0, 0.05) is 44.6 Å². The first-order chi connectivity index (χ1) is 25.3. The molecule has 0 spiro atoms. The van der Waals surface area contributed by atoms with E-state index in [0.717, 1.165) is 62.1 Å². The smallest absolute Gasteiger partial charge is 0.168 e. The van der Waals surface area contributed by atoms with E-state index in [1.165, 1.54) is 33.0 Å². The molecule has 0 saturated carbocycles. The lowest BCUT2D eigenvalue weighted by molar-refractivity contribution is 1.07. The highest BCUT2D eigenvalue weighted by Crippen LogP contribution is 2.56. The number of hydrogen-bond donors (Lipinski definition) is 0. The van der Waals surface area contributed by atoms with Gasteiger partial charge in [-0.25, -0.2) is 4.98 Å². The molecule has 2 heterocycles. The fourth-order valence-corrected chi connectivity index (χ4v) is 7.65. The van der Waals surface area contributed by atoms with Crippen LogP contribution in [0.1, 0.15) is 0 Å². The van der Waals surface area contributed by atoms with Crippen molar-refractivity contribution in [3.8, 4) is 84.4 Å².